The molecule has 0 amide bonds. The highest BCUT2D eigenvalue weighted by Crippen LogP contribution is 2.33. The standard InChI is InChI=1S/C25H34O3/c1-8-9-23-17(4)19(6)24(20(7)18(23)5)14-21-10-12-22(13-11-21)27-15-28-25(26)16(2)3/h21-22H,2,10-15H2,1,3-7H3. The predicted molar refractivity (Wildman–Crippen MR) is 114 cm³/mol. The van der Waals surface area contributed by atoms with E-state index in [0.717, 1.165) is 32.1 Å². The van der Waals surface area contributed by atoms with Gasteiger partial charge in [-0.2, -0.15) is 0 Å². The van der Waals surface area contributed by atoms with Crippen molar-refractivity contribution in [1.82, 2.24) is 0 Å². The second-order valence-corrected chi connectivity index (χ2v) is 8.07. The first-order chi connectivity index (χ1) is 13.3. The van der Waals surface area contributed by atoms with Gasteiger partial charge < -0.3 is 9.47 Å². The van der Waals surface area contributed by atoms with Crippen molar-refractivity contribution in [1.29, 1.82) is 0 Å². The maximum Gasteiger partial charge on any atom is 0.335 e. The van der Waals surface area contributed by atoms with Crippen molar-refractivity contribution in [2.45, 2.75) is 79.8 Å². The Morgan fingerprint density at radius 1 is 1.04 bits per heavy atom. The summed E-state index contributed by atoms with van der Waals surface area (Å²) in [5.41, 5.74) is 8.53. The SMILES string of the molecule is C=C(C)C(=O)OCOC1CCC(Cc2c(C)c(C)c(C#CC)c(C)c2C)CC1. The molecule has 0 saturated heterocycles. The zero-order valence-electron chi connectivity index (χ0n) is 18.3. The van der Waals surface area contributed by atoms with Crippen LogP contribution in [0.3, 0.4) is 0 Å². The summed E-state index contributed by atoms with van der Waals surface area (Å²) in [6.07, 6.45) is 5.63. The highest BCUT2D eigenvalue weighted by molar-refractivity contribution is 5.86. The summed E-state index contributed by atoms with van der Waals surface area (Å²) in [5.74, 6) is 6.64. The Kier molecular flexibility index (Phi) is 7.89. The van der Waals surface area contributed by atoms with Gasteiger partial charge in [-0.25, -0.2) is 4.79 Å². The Balaban J connectivity index is 1.95. The fraction of sp³-hybridized carbons (Fsp3) is 0.560. The molecule has 0 N–H and O–H groups in total. The van der Waals surface area contributed by atoms with Crippen LogP contribution in [0.25, 0.3) is 0 Å². The normalized spacial score (nSPS) is 18.9. The van der Waals surface area contributed by atoms with Crippen LogP contribution < -0.4 is 0 Å². The van der Waals surface area contributed by atoms with Gasteiger partial charge in [-0.1, -0.05) is 12.5 Å². The van der Waals surface area contributed by atoms with Crippen LogP contribution in [0, 0.1) is 45.5 Å². The summed E-state index contributed by atoms with van der Waals surface area (Å²) in [7, 11) is 0. The van der Waals surface area contributed by atoms with E-state index in [1.165, 1.54) is 33.4 Å². The van der Waals surface area contributed by atoms with E-state index in [4.69, 9.17) is 9.47 Å². The minimum atomic E-state index is -0.387. The zero-order chi connectivity index (χ0) is 20.8. The van der Waals surface area contributed by atoms with Gasteiger partial charge >= 0.3 is 5.97 Å². The molecular weight excluding hydrogens is 348 g/mol. The molecule has 1 aliphatic carbocycles. The van der Waals surface area contributed by atoms with Crippen LogP contribution in [0.4, 0.5) is 0 Å². The van der Waals surface area contributed by atoms with Crippen LogP contribution in [-0.2, 0) is 20.7 Å². The molecule has 1 aliphatic rings. The van der Waals surface area contributed by atoms with E-state index in [2.05, 4.69) is 46.1 Å². The van der Waals surface area contributed by atoms with Gasteiger partial charge in [-0.05, 0) is 107 Å². The topological polar surface area (TPSA) is 35.5 Å². The third-order valence-electron chi connectivity index (χ3n) is 6.16. The lowest BCUT2D eigenvalue weighted by Gasteiger charge is -2.30. The number of esters is 1. The Morgan fingerprint density at radius 3 is 2.11 bits per heavy atom. The average molecular weight is 383 g/mol. The third-order valence-corrected chi connectivity index (χ3v) is 6.16. The molecule has 2 rings (SSSR count). The maximum absolute atomic E-state index is 11.4. The number of benzene rings is 1. The molecule has 1 aromatic carbocycles. The molecule has 0 heterocycles. The number of hydrogen-bond acceptors (Lipinski definition) is 3. The number of ether oxygens (including phenoxy) is 2. The van der Waals surface area contributed by atoms with Crippen molar-refractivity contribution in [2.75, 3.05) is 6.79 Å². The Morgan fingerprint density at radius 2 is 1.61 bits per heavy atom. The minimum absolute atomic E-state index is 0.0254. The van der Waals surface area contributed by atoms with E-state index >= 15 is 0 Å². The molecule has 3 nitrogen and oxygen atoms in total. The molecule has 0 atom stereocenters. The molecule has 0 aromatic heterocycles. The van der Waals surface area contributed by atoms with Gasteiger partial charge in [-0.15, -0.1) is 5.92 Å². The third kappa shape index (κ3) is 5.26. The summed E-state index contributed by atoms with van der Waals surface area (Å²) in [6.45, 7) is 16.0. The van der Waals surface area contributed by atoms with E-state index in [-0.39, 0.29) is 18.9 Å². The summed E-state index contributed by atoms with van der Waals surface area (Å²) in [4.78, 5) is 11.4. The van der Waals surface area contributed by atoms with Crippen LogP contribution in [-0.4, -0.2) is 18.9 Å². The van der Waals surface area contributed by atoms with Crippen molar-refractivity contribution in [3.05, 3.63) is 45.5 Å². The number of rotatable bonds is 6. The van der Waals surface area contributed by atoms with Crippen LogP contribution >= 0.6 is 0 Å². The predicted octanol–water partition coefficient (Wildman–Crippen LogP) is 5.49. The second kappa shape index (κ2) is 9.94. The molecule has 1 saturated carbocycles. The van der Waals surface area contributed by atoms with Crippen molar-refractivity contribution in [3.8, 4) is 11.8 Å². The first kappa shape index (κ1) is 22.2. The Labute approximate surface area is 170 Å². The van der Waals surface area contributed by atoms with Crippen LogP contribution in [0.5, 0.6) is 0 Å². The lowest BCUT2D eigenvalue weighted by molar-refractivity contribution is -0.158. The van der Waals surface area contributed by atoms with Crippen molar-refractivity contribution < 1.29 is 14.3 Å². The highest BCUT2D eigenvalue weighted by Gasteiger charge is 2.24. The van der Waals surface area contributed by atoms with Gasteiger partial charge in [0.05, 0.1) is 6.10 Å². The molecule has 0 unspecified atom stereocenters. The van der Waals surface area contributed by atoms with Crippen LogP contribution in [0.15, 0.2) is 12.2 Å². The fourth-order valence-electron chi connectivity index (χ4n) is 4.11. The lowest BCUT2D eigenvalue weighted by atomic mass is 9.79. The van der Waals surface area contributed by atoms with E-state index < -0.39 is 0 Å². The van der Waals surface area contributed by atoms with Gasteiger partial charge in [0.1, 0.15) is 0 Å². The average Bonchev–Trinajstić information content (AvgIpc) is 2.68. The molecule has 3 heteroatoms. The van der Waals surface area contributed by atoms with E-state index in [1.54, 1.807) is 6.92 Å². The smallest absolute Gasteiger partial charge is 0.335 e. The zero-order valence-corrected chi connectivity index (χ0v) is 18.3. The summed E-state index contributed by atoms with van der Waals surface area (Å²) in [5, 5.41) is 0. The first-order valence-corrected chi connectivity index (χ1v) is 10.2. The highest BCUT2D eigenvalue weighted by atomic mass is 16.7. The van der Waals surface area contributed by atoms with Gasteiger partial charge in [0.25, 0.3) is 0 Å². The monoisotopic (exact) mass is 382 g/mol. The van der Waals surface area contributed by atoms with E-state index in [1.807, 2.05) is 6.92 Å². The molecule has 0 spiro atoms. The van der Waals surface area contributed by atoms with E-state index in [0.29, 0.717) is 11.5 Å². The van der Waals surface area contributed by atoms with Gasteiger partial charge in [0.15, 0.2) is 6.79 Å². The molecule has 28 heavy (non-hydrogen) atoms. The van der Waals surface area contributed by atoms with Crippen molar-refractivity contribution in [2.24, 2.45) is 5.92 Å². The largest absolute Gasteiger partial charge is 0.435 e. The maximum atomic E-state index is 11.4. The number of carbonyl (C=O) groups excluding carboxylic acids is 1. The quantitative estimate of drug-likeness (QED) is 0.283. The minimum Gasteiger partial charge on any atom is -0.435 e. The van der Waals surface area contributed by atoms with Gasteiger partial charge in [0.2, 0.25) is 0 Å². The van der Waals surface area contributed by atoms with Gasteiger partial charge in [-0.3, -0.25) is 0 Å². The molecule has 1 aromatic rings. The molecule has 0 aliphatic heterocycles. The van der Waals surface area contributed by atoms with Gasteiger partial charge in [0, 0.05) is 11.1 Å². The summed E-state index contributed by atoms with van der Waals surface area (Å²) < 4.78 is 10.8. The van der Waals surface area contributed by atoms with E-state index in [9.17, 15) is 4.79 Å². The Bertz CT molecular complexity index is 770. The Hall–Kier alpha value is -2.05. The second-order valence-electron chi connectivity index (χ2n) is 8.07. The molecule has 0 radical (unpaired) electrons. The molecule has 0 bridgehead atoms. The fourth-order valence-corrected chi connectivity index (χ4v) is 4.11. The van der Waals surface area contributed by atoms with Crippen LogP contribution in [0.2, 0.25) is 0 Å². The molecule has 1 fully saturated rings. The lowest BCUT2D eigenvalue weighted by Crippen LogP contribution is -2.25. The molecule has 152 valence electrons. The van der Waals surface area contributed by atoms with Crippen molar-refractivity contribution in [3.63, 3.8) is 0 Å². The van der Waals surface area contributed by atoms with Crippen LogP contribution in [0.1, 0.15) is 72.9 Å². The van der Waals surface area contributed by atoms with Crippen molar-refractivity contribution >= 4 is 5.97 Å². The summed E-state index contributed by atoms with van der Waals surface area (Å²) >= 11 is 0. The number of carbonyl (C=O) groups is 1. The number of hydrogen-bond donors (Lipinski definition) is 0. The first-order valence-electron chi connectivity index (χ1n) is 10.2. The molecular formula is C25H34O3. The summed E-state index contributed by atoms with van der Waals surface area (Å²) in [6, 6.07) is 0.